The molecular formula is C12H17NO2S. The molecule has 2 heterocycles. The molecule has 1 aromatic heterocycles. The number of ether oxygens (including phenoxy) is 1. The second kappa shape index (κ2) is 4.97. The van der Waals surface area contributed by atoms with Gasteiger partial charge in [-0.1, -0.05) is 0 Å². The van der Waals surface area contributed by atoms with Crippen molar-refractivity contribution in [3.05, 3.63) is 21.9 Å². The summed E-state index contributed by atoms with van der Waals surface area (Å²) in [5.41, 5.74) is 1.38. The quantitative estimate of drug-likeness (QED) is 0.758. The Morgan fingerprint density at radius 3 is 3.25 bits per heavy atom. The highest BCUT2D eigenvalue weighted by Gasteiger charge is 2.26. The van der Waals surface area contributed by atoms with Gasteiger partial charge in [-0.2, -0.15) is 0 Å². The summed E-state index contributed by atoms with van der Waals surface area (Å²) >= 11 is 1.82. The maximum absolute atomic E-state index is 11.4. The van der Waals surface area contributed by atoms with Gasteiger partial charge in [-0.3, -0.25) is 9.69 Å². The van der Waals surface area contributed by atoms with E-state index in [2.05, 4.69) is 23.3 Å². The summed E-state index contributed by atoms with van der Waals surface area (Å²) in [5, 5.41) is 2.13. The molecule has 0 fully saturated rings. The summed E-state index contributed by atoms with van der Waals surface area (Å²) < 4.78 is 4.98. The molecule has 4 heteroatoms. The second-order valence-corrected chi connectivity index (χ2v) is 5.00. The first-order valence-corrected chi connectivity index (χ1v) is 6.56. The van der Waals surface area contributed by atoms with E-state index in [9.17, 15) is 4.79 Å². The summed E-state index contributed by atoms with van der Waals surface area (Å²) in [6, 6.07) is 2.50. The van der Waals surface area contributed by atoms with Gasteiger partial charge < -0.3 is 4.74 Å². The molecule has 1 aliphatic rings. The molecule has 0 aliphatic carbocycles. The number of carbonyl (C=O) groups excluding carboxylic acids is 1. The summed E-state index contributed by atoms with van der Waals surface area (Å²) in [6.07, 6.45) is 1.05. The minimum Gasteiger partial charge on any atom is -0.465 e. The van der Waals surface area contributed by atoms with E-state index >= 15 is 0 Å². The van der Waals surface area contributed by atoms with Gasteiger partial charge in [0.05, 0.1) is 13.2 Å². The molecule has 0 N–H and O–H groups in total. The summed E-state index contributed by atoms with van der Waals surface area (Å²) in [4.78, 5) is 15.1. The number of fused-ring (bicyclic) bond motifs is 1. The van der Waals surface area contributed by atoms with Crippen molar-refractivity contribution in [1.82, 2.24) is 4.90 Å². The molecule has 1 atom stereocenters. The van der Waals surface area contributed by atoms with Gasteiger partial charge in [0.1, 0.15) is 0 Å². The zero-order chi connectivity index (χ0) is 11.5. The van der Waals surface area contributed by atoms with E-state index < -0.39 is 0 Å². The molecule has 3 nitrogen and oxygen atoms in total. The van der Waals surface area contributed by atoms with E-state index in [4.69, 9.17) is 4.74 Å². The Morgan fingerprint density at radius 1 is 1.69 bits per heavy atom. The van der Waals surface area contributed by atoms with Crippen molar-refractivity contribution in [2.24, 2.45) is 0 Å². The van der Waals surface area contributed by atoms with Crippen molar-refractivity contribution in [3.8, 4) is 0 Å². The Labute approximate surface area is 100 Å². The average Bonchev–Trinajstić information content (AvgIpc) is 2.71. The van der Waals surface area contributed by atoms with Gasteiger partial charge in [0.15, 0.2) is 0 Å². The van der Waals surface area contributed by atoms with E-state index in [-0.39, 0.29) is 5.97 Å². The third-order valence-corrected chi connectivity index (χ3v) is 4.04. The third kappa shape index (κ3) is 2.28. The number of esters is 1. The highest BCUT2D eigenvalue weighted by atomic mass is 32.1. The lowest BCUT2D eigenvalue weighted by Crippen LogP contribution is -2.37. The van der Waals surface area contributed by atoms with Gasteiger partial charge in [-0.15, -0.1) is 11.3 Å². The van der Waals surface area contributed by atoms with Crippen molar-refractivity contribution in [1.29, 1.82) is 0 Å². The second-order valence-electron chi connectivity index (χ2n) is 4.00. The smallest absolute Gasteiger partial charge is 0.320 e. The third-order valence-electron chi connectivity index (χ3n) is 3.04. The highest BCUT2D eigenvalue weighted by Crippen LogP contribution is 2.32. The number of thiophene rings is 1. The number of rotatable bonds is 3. The molecule has 0 saturated carbocycles. The molecule has 0 radical (unpaired) electrons. The number of nitrogens with zero attached hydrogens (tertiary/aromatic N) is 1. The summed E-state index contributed by atoms with van der Waals surface area (Å²) in [7, 11) is 0. The largest absolute Gasteiger partial charge is 0.465 e. The molecule has 1 aliphatic heterocycles. The fourth-order valence-corrected chi connectivity index (χ4v) is 3.11. The normalized spacial score (nSPS) is 20.5. The van der Waals surface area contributed by atoms with Crippen LogP contribution in [0, 0.1) is 0 Å². The Hall–Kier alpha value is -0.870. The van der Waals surface area contributed by atoms with E-state index in [1.807, 2.05) is 18.3 Å². The first kappa shape index (κ1) is 11.6. The predicted molar refractivity (Wildman–Crippen MR) is 64.6 cm³/mol. The fraction of sp³-hybridized carbons (Fsp3) is 0.583. The van der Waals surface area contributed by atoms with Gasteiger partial charge in [0.25, 0.3) is 0 Å². The maximum atomic E-state index is 11.4. The molecule has 0 spiro atoms. The van der Waals surface area contributed by atoms with Crippen molar-refractivity contribution >= 4 is 17.3 Å². The van der Waals surface area contributed by atoms with Crippen LogP contribution in [-0.2, 0) is 16.0 Å². The van der Waals surface area contributed by atoms with Crippen LogP contribution in [0.25, 0.3) is 0 Å². The highest BCUT2D eigenvalue weighted by molar-refractivity contribution is 7.10. The molecule has 2 rings (SSSR count). The van der Waals surface area contributed by atoms with Crippen LogP contribution in [-0.4, -0.2) is 30.6 Å². The minimum absolute atomic E-state index is 0.118. The Morgan fingerprint density at radius 2 is 2.50 bits per heavy atom. The Kier molecular flexibility index (Phi) is 3.61. The molecule has 88 valence electrons. The summed E-state index contributed by atoms with van der Waals surface area (Å²) in [5.74, 6) is -0.118. The van der Waals surface area contributed by atoms with E-state index in [1.165, 1.54) is 10.4 Å². The lowest BCUT2D eigenvalue weighted by molar-refractivity contribution is -0.145. The van der Waals surface area contributed by atoms with Gasteiger partial charge in [-0.05, 0) is 37.3 Å². The first-order valence-electron chi connectivity index (χ1n) is 5.68. The van der Waals surface area contributed by atoms with E-state index in [0.717, 1.165) is 13.0 Å². The van der Waals surface area contributed by atoms with Gasteiger partial charge in [0, 0.05) is 17.5 Å². The van der Waals surface area contributed by atoms with Crippen LogP contribution in [0.4, 0.5) is 0 Å². The number of hydrogen-bond acceptors (Lipinski definition) is 4. The van der Waals surface area contributed by atoms with Crippen LogP contribution < -0.4 is 0 Å². The Bertz CT molecular complexity index is 375. The molecule has 0 unspecified atom stereocenters. The van der Waals surface area contributed by atoms with Crippen LogP contribution in [0.3, 0.4) is 0 Å². The Balaban J connectivity index is 2.01. The first-order chi connectivity index (χ1) is 7.72. The lowest BCUT2D eigenvalue weighted by Gasteiger charge is -2.32. The minimum atomic E-state index is -0.118. The molecule has 16 heavy (non-hydrogen) atoms. The molecule has 0 amide bonds. The molecule has 0 bridgehead atoms. The predicted octanol–water partition coefficient (Wildman–Crippen LogP) is 2.23. The van der Waals surface area contributed by atoms with E-state index in [1.54, 1.807) is 0 Å². The van der Waals surface area contributed by atoms with Crippen LogP contribution >= 0.6 is 11.3 Å². The van der Waals surface area contributed by atoms with Crippen molar-refractivity contribution in [2.75, 3.05) is 19.7 Å². The maximum Gasteiger partial charge on any atom is 0.320 e. The standard InChI is InChI=1S/C12H17NO2S/c1-3-15-12(14)8-13-6-4-11-10(9(13)2)5-7-16-11/h5,7,9H,3-4,6,8H2,1-2H3/t9-/m0/s1. The van der Waals surface area contributed by atoms with Gasteiger partial charge >= 0.3 is 5.97 Å². The molecule has 1 aromatic rings. The summed E-state index contributed by atoms with van der Waals surface area (Å²) in [6.45, 7) is 5.82. The number of carbonyl (C=O) groups is 1. The lowest BCUT2D eigenvalue weighted by atomic mass is 10.0. The molecule has 0 aromatic carbocycles. The van der Waals surface area contributed by atoms with Crippen molar-refractivity contribution in [2.45, 2.75) is 26.3 Å². The van der Waals surface area contributed by atoms with Crippen LogP contribution in [0.15, 0.2) is 11.4 Å². The van der Waals surface area contributed by atoms with Crippen LogP contribution in [0.2, 0.25) is 0 Å². The molecule has 0 saturated heterocycles. The van der Waals surface area contributed by atoms with Crippen molar-refractivity contribution in [3.63, 3.8) is 0 Å². The SMILES string of the molecule is CCOC(=O)CN1CCc2sccc2[C@@H]1C. The zero-order valence-corrected chi connectivity index (χ0v) is 10.5. The molecular weight excluding hydrogens is 222 g/mol. The van der Waals surface area contributed by atoms with Crippen LogP contribution in [0.5, 0.6) is 0 Å². The number of hydrogen-bond donors (Lipinski definition) is 0. The van der Waals surface area contributed by atoms with Gasteiger partial charge in [-0.25, -0.2) is 0 Å². The van der Waals surface area contributed by atoms with Crippen LogP contribution in [0.1, 0.15) is 30.3 Å². The van der Waals surface area contributed by atoms with E-state index in [0.29, 0.717) is 19.2 Å². The topological polar surface area (TPSA) is 29.5 Å². The monoisotopic (exact) mass is 239 g/mol. The van der Waals surface area contributed by atoms with Crippen molar-refractivity contribution < 1.29 is 9.53 Å². The average molecular weight is 239 g/mol. The van der Waals surface area contributed by atoms with Gasteiger partial charge in [0.2, 0.25) is 0 Å². The zero-order valence-electron chi connectivity index (χ0n) is 9.73. The fourth-order valence-electron chi connectivity index (χ4n) is 2.15.